The zero-order valence-electron chi connectivity index (χ0n) is 15.3. The van der Waals surface area contributed by atoms with E-state index >= 15 is 0 Å². The van der Waals surface area contributed by atoms with E-state index in [1.54, 1.807) is 17.3 Å². The molecule has 2 heterocycles. The lowest BCUT2D eigenvalue weighted by atomic mass is 10.1. The van der Waals surface area contributed by atoms with Gasteiger partial charge in [-0.25, -0.2) is 4.79 Å². The number of amides is 3. The fraction of sp³-hybridized carbons (Fsp3) is 0.381. The van der Waals surface area contributed by atoms with Gasteiger partial charge in [0.05, 0.1) is 0 Å². The van der Waals surface area contributed by atoms with Crippen molar-refractivity contribution in [1.82, 2.24) is 15.2 Å². The summed E-state index contributed by atoms with van der Waals surface area (Å²) in [6.45, 7) is 0.939. The van der Waals surface area contributed by atoms with E-state index < -0.39 is 0 Å². The molecule has 1 fully saturated rings. The number of carbonyl (C=O) groups excluding carboxylic acids is 2. The van der Waals surface area contributed by atoms with Crippen LogP contribution in [0.5, 0.6) is 0 Å². The second kappa shape index (κ2) is 7.78. The van der Waals surface area contributed by atoms with E-state index in [4.69, 9.17) is 0 Å². The monoisotopic (exact) mass is 364 g/mol. The van der Waals surface area contributed by atoms with Gasteiger partial charge >= 0.3 is 6.03 Å². The molecule has 140 valence electrons. The highest BCUT2D eigenvalue weighted by Gasteiger charge is 2.26. The van der Waals surface area contributed by atoms with Crippen molar-refractivity contribution < 1.29 is 9.59 Å². The van der Waals surface area contributed by atoms with Crippen LogP contribution in [0.4, 0.5) is 10.5 Å². The lowest BCUT2D eigenvalue weighted by molar-refractivity contribution is -0.119. The molecule has 0 radical (unpaired) electrons. The first kappa shape index (κ1) is 17.5. The lowest BCUT2D eigenvalue weighted by Crippen LogP contribution is -2.43. The van der Waals surface area contributed by atoms with Crippen LogP contribution in [0.3, 0.4) is 0 Å². The molecule has 4 rings (SSSR count). The molecular formula is C21H24N4O2. The number of benzene rings is 1. The Kier molecular flexibility index (Phi) is 5.05. The minimum atomic E-state index is -0.155. The van der Waals surface area contributed by atoms with Crippen molar-refractivity contribution in [2.75, 3.05) is 11.9 Å². The molecule has 2 aromatic rings. The summed E-state index contributed by atoms with van der Waals surface area (Å²) in [5.41, 5.74) is 4.50. The number of pyridine rings is 1. The van der Waals surface area contributed by atoms with Crippen LogP contribution in [0.25, 0.3) is 0 Å². The van der Waals surface area contributed by atoms with E-state index in [1.165, 1.54) is 17.5 Å². The van der Waals surface area contributed by atoms with Crippen molar-refractivity contribution in [2.24, 2.45) is 0 Å². The van der Waals surface area contributed by atoms with E-state index in [2.05, 4.69) is 27.8 Å². The number of anilines is 1. The molecule has 0 unspecified atom stereocenters. The van der Waals surface area contributed by atoms with E-state index in [9.17, 15) is 9.59 Å². The summed E-state index contributed by atoms with van der Waals surface area (Å²) in [6.07, 6.45) is 8.15. The summed E-state index contributed by atoms with van der Waals surface area (Å²) in [5.74, 6) is 0.0559. The average Bonchev–Trinajstić information content (AvgIpc) is 3.30. The van der Waals surface area contributed by atoms with Gasteiger partial charge in [-0.3, -0.25) is 9.78 Å². The Morgan fingerprint density at radius 2 is 2.11 bits per heavy atom. The van der Waals surface area contributed by atoms with Crippen molar-refractivity contribution in [2.45, 2.75) is 44.7 Å². The summed E-state index contributed by atoms with van der Waals surface area (Å²) in [5, 5.41) is 5.98. The van der Waals surface area contributed by atoms with Crippen molar-refractivity contribution in [3.63, 3.8) is 0 Å². The zero-order chi connectivity index (χ0) is 18.6. The van der Waals surface area contributed by atoms with Crippen LogP contribution in [-0.4, -0.2) is 34.4 Å². The third kappa shape index (κ3) is 4.27. The number of rotatable bonds is 5. The van der Waals surface area contributed by atoms with Crippen LogP contribution in [0.2, 0.25) is 0 Å². The van der Waals surface area contributed by atoms with Crippen LogP contribution in [-0.2, 0) is 24.2 Å². The molecule has 1 aliphatic heterocycles. The Bertz CT molecular complexity index is 837. The topological polar surface area (TPSA) is 74.3 Å². The van der Waals surface area contributed by atoms with E-state index in [0.717, 1.165) is 30.5 Å². The number of hydrogen-bond acceptors (Lipinski definition) is 3. The molecule has 0 bridgehead atoms. The van der Waals surface area contributed by atoms with Gasteiger partial charge in [0.2, 0.25) is 5.91 Å². The van der Waals surface area contributed by atoms with Gasteiger partial charge in [-0.15, -0.1) is 0 Å². The molecule has 1 atom stereocenters. The number of carbonyl (C=O) groups is 2. The Balaban J connectivity index is 1.48. The first-order chi connectivity index (χ1) is 13.2. The van der Waals surface area contributed by atoms with Crippen molar-refractivity contribution in [1.29, 1.82) is 0 Å². The van der Waals surface area contributed by atoms with Gasteiger partial charge in [0, 0.05) is 43.6 Å². The second-order valence-corrected chi connectivity index (χ2v) is 7.31. The number of nitrogens with zero attached hydrogens (tertiary/aromatic N) is 2. The summed E-state index contributed by atoms with van der Waals surface area (Å²) in [6, 6.07) is 9.83. The smallest absolute Gasteiger partial charge is 0.322 e. The highest BCUT2D eigenvalue weighted by molar-refractivity contribution is 5.89. The normalized spacial score (nSPS) is 18.1. The Hall–Kier alpha value is -2.89. The highest BCUT2D eigenvalue weighted by atomic mass is 16.2. The van der Waals surface area contributed by atoms with Gasteiger partial charge in [0.25, 0.3) is 0 Å². The molecule has 0 saturated carbocycles. The molecule has 6 heteroatoms. The predicted molar refractivity (Wildman–Crippen MR) is 103 cm³/mol. The Morgan fingerprint density at radius 3 is 2.89 bits per heavy atom. The molecule has 1 aromatic carbocycles. The van der Waals surface area contributed by atoms with Crippen molar-refractivity contribution >= 4 is 17.6 Å². The van der Waals surface area contributed by atoms with Gasteiger partial charge in [0.15, 0.2) is 0 Å². The van der Waals surface area contributed by atoms with Crippen LogP contribution < -0.4 is 10.6 Å². The van der Waals surface area contributed by atoms with E-state index in [0.29, 0.717) is 19.5 Å². The molecule has 2 N–H and O–H groups in total. The number of fused-ring (bicyclic) bond motifs is 1. The number of hydrogen-bond donors (Lipinski definition) is 2. The summed E-state index contributed by atoms with van der Waals surface area (Å²) in [4.78, 5) is 30.4. The molecule has 27 heavy (non-hydrogen) atoms. The maximum Gasteiger partial charge on any atom is 0.322 e. The van der Waals surface area contributed by atoms with Gasteiger partial charge in [0.1, 0.15) is 0 Å². The summed E-state index contributed by atoms with van der Waals surface area (Å²) < 4.78 is 0. The fourth-order valence-electron chi connectivity index (χ4n) is 3.86. The maximum atomic E-state index is 13.0. The quantitative estimate of drug-likeness (QED) is 0.857. The average molecular weight is 364 g/mol. The first-order valence-electron chi connectivity index (χ1n) is 9.53. The van der Waals surface area contributed by atoms with Crippen molar-refractivity contribution in [3.05, 3.63) is 59.4 Å². The minimum Gasteiger partial charge on any atom is -0.352 e. The standard InChI is InChI=1S/C21H24N4O2/c26-20-9-8-19(23-20)14-25(13-15-3-2-10-22-12-15)21(27)24-18-7-6-16-4-1-5-17(16)11-18/h2-3,6-7,10-12,19H,1,4-5,8-9,13-14H2,(H,23,26)(H,24,27)/t19-/m0/s1. The SMILES string of the molecule is O=C1CC[C@@H](CN(Cc2cccnc2)C(=O)Nc2ccc3c(c2)CCC3)N1. The van der Waals surface area contributed by atoms with Crippen LogP contribution in [0, 0.1) is 0 Å². The fourth-order valence-corrected chi connectivity index (χ4v) is 3.86. The van der Waals surface area contributed by atoms with Gasteiger partial charge < -0.3 is 15.5 Å². The summed E-state index contributed by atoms with van der Waals surface area (Å²) in [7, 11) is 0. The molecule has 3 amide bonds. The van der Waals surface area contributed by atoms with E-state index in [-0.39, 0.29) is 18.0 Å². The molecule has 0 spiro atoms. The third-order valence-corrected chi connectivity index (χ3v) is 5.26. The zero-order valence-corrected chi connectivity index (χ0v) is 15.3. The number of nitrogens with one attached hydrogen (secondary N) is 2. The molecule has 6 nitrogen and oxygen atoms in total. The molecule has 1 aromatic heterocycles. The second-order valence-electron chi connectivity index (χ2n) is 7.31. The lowest BCUT2D eigenvalue weighted by Gasteiger charge is -2.26. The molecule has 1 aliphatic carbocycles. The summed E-state index contributed by atoms with van der Waals surface area (Å²) >= 11 is 0. The first-order valence-corrected chi connectivity index (χ1v) is 9.53. The maximum absolute atomic E-state index is 13.0. The number of aryl methyl sites for hydroxylation is 2. The third-order valence-electron chi connectivity index (χ3n) is 5.26. The van der Waals surface area contributed by atoms with Gasteiger partial charge in [-0.1, -0.05) is 12.1 Å². The van der Waals surface area contributed by atoms with Crippen LogP contribution in [0.15, 0.2) is 42.7 Å². The van der Waals surface area contributed by atoms with Gasteiger partial charge in [-0.05, 0) is 60.6 Å². The van der Waals surface area contributed by atoms with E-state index in [1.807, 2.05) is 18.2 Å². The van der Waals surface area contributed by atoms with Crippen molar-refractivity contribution in [3.8, 4) is 0 Å². The largest absolute Gasteiger partial charge is 0.352 e. The number of urea groups is 1. The van der Waals surface area contributed by atoms with Crippen LogP contribution in [0.1, 0.15) is 36.0 Å². The highest BCUT2D eigenvalue weighted by Crippen LogP contribution is 2.25. The molecule has 2 aliphatic rings. The van der Waals surface area contributed by atoms with Crippen LogP contribution >= 0.6 is 0 Å². The molecule has 1 saturated heterocycles. The Morgan fingerprint density at radius 1 is 1.22 bits per heavy atom. The number of aromatic nitrogens is 1. The Labute approximate surface area is 159 Å². The minimum absolute atomic E-state index is 0.0000537. The predicted octanol–water partition coefficient (Wildman–Crippen LogP) is 2.88. The molecular weight excluding hydrogens is 340 g/mol. The van der Waals surface area contributed by atoms with Gasteiger partial charge in [-0.2, -0.15) is 0 Å².